The van der Waals surface area contributed by atoms with Crippen LogP contribution in [0, 0.1) is 0 Å². The first-order valence-corrected chi connectivity index (χ1v) is 9.47. The van der Waals surface area contributed by atoms with Gasteiger partial charge < -0.3 is 10.2 Å². The summed E-state index contributed by atoms with van der Waals surface area (Å²) in [7, 11) is 0. The molecule has 1 aliphatic heterocycles. The van der Waals surface area contributed by atoms with Crippen LogP contribution < -0.4 is 5.32 Å². The molecule has 1 heterocycles. The monoisotopic (exact) mass is 345 g/mol. The lowest BCUT2D eigenvalue weighted by Gasteiger charge is -2.20. The third kappa shape index (κ3) is 6.50. The van der Waals surface area contributed by atoms with Gasteiger partial charge in [-0.2, -0.15) is 0 Å². The van der Waals surface area contributed by atoms with E-state index in [1.165, 1.54) is 5.56 Å². The fourth-order valence-corrected chi connectivity index (χ4v) is 3.10. The Balaban J connectivity index is 1.78. The van der Waals surface area contributed by atoms with Gasteiger partial charge in [-0.05, 0) is 37.1 Å². The van der Waals surface area contributed by atoms with Gasteiger partial charge in [0, 0.05) is 26.1 Å². The molecule has 1 aliphatic rings. The standard InChI is InChI=1S/C20H31N3O2/c1-3-22(4-2)15-18-11-9-17(10-12-18)14-21-19(24)16-23-13-7-5-6-8-20(23)25/h9-12H,3-8,13-16H2,1-2H3,(H,21,24). The van der Waals surface area contributed by atoms with Gasteiger partial charge in [0.05, 0.1) is 6.54 Å². The fourth-order valence-electron chi connectivity index (χ4n) is 3.10. The highest BCUT2D eigenvalue weighted by atomic mass is 16.2. The zero-order valence-electron chi connectivity index (χ0n) is 15.6. The predicted octanol–water partition coefficient (Wildman–Crippen LogP) is 2.55. The number of nitrogens with zero attached hydrogens (tertiary/aromatic N) is 2. The highest BCUT2D eigenvalue weighted by Crippen LogP contribution is 2.11. The van der Waals surface area contributed by atoms with E-state index in [1.54, 1.807) is 4.90 Å². The van der Waals surface area contributed by atoms with Crippen molar-refractivity contribution in [2.24, 2.45) is 0 Å². The highest BCUT2D eigenvalue weighted by Gasteiger charge is 2.18. The second-order valence-corrected chi connectivity index (χ2v) is 6.68. The van der Waals surface area contributed by atoms with Crippen molar-refractivity contribution in [3.63, 3.8) is 0 Å². The smallest absolute Gasteiger partial charge is 0.239 e. The van der Waals surface area contributed by atoms with Crippen molar-refractivity contribution in [2.75, 3.05) is 26.2 Å². The number of hydrogen-bond donors (Lipinski definition) is 1. The summed E-state index contributed by atoms with van der Waals surface area (Å²) in [6.45, 7) is 8.77. The van der Waals surface area contributed by atoms with Gasteiger partial charge in [-0.1, -0.05) is 44.5 Å². The average molecular weight is 345 g/mol. The van der Waals surface area contributed by atoms with Crippen LogP contribution in [0.15, 0.2) is 24.3 Å². The van der Waals surface area contributed by atoms with Gasteiger partial charge in [-0.15, -0.1) is 0 Å². The Bertz CT molecular complexity index is 553. The van der Waals surface area contributed by atoms with E-state index in [0.29, 0.717) is 19.5 Å². The largest absolute Gasteiger partial charge is 0.350 e. The summed E-state index contributed by atoms with van der Waals surface area (Å²) < 4.78 is 0. The Morgan fingerprint density at radius 1 is 1.08 bits per heavy atom. The summed E-state index contributed by atoms with van der Waals surface area (Å²) in [5.74, 6) is 0.0240. The van der Waals surface area contributed by atoms with Crippen LogP contribution in [0.25, 0.3) is 0 Å². The molecule has 0 unspecified atom stereocenters. The molecular formula is C20H31N3O2. The van der Waals surface area contributed by atoms with Crippen molar-refractivity contribution >= 4 is 11.8 Å². The Labute approximate surface area is 151 Å². The number of amides is 2. The van der Waals surface area contributed by atoms with Gasteiger partial charge in [0.1, 0.15) is 0 Å². The molecule has 1 aromatic rings. The molecular weight excluding hydrogens is 314 g/mol. The van der Waals surface area contributed by atoms with Gasteiger partial charge in [0.2, 0.25) is 11.8 Å². The normalized spacial score (nSPS) is 15.3. The lowest BCUT2D eigenvalue weighted by molar-refractivity contribution is -0.135. The molecule has 1 aromatic carbocycles. The number of rotatable bonds is 8. The zero-order chi connectivity index (χ0) is 18.1. The first kappa shape index (κ1) is 19.4. The molecule has 5 nitrogen and oxygen atoms in total. The van der Waals surface area contributed by atoms with Crippen LogP contribution in [0.1, 0.15) is 50.7 Å². The molecule has 0 aromatic heterocycles. The summed E-state index contributed by atoms with van der Waals surface area (Å²) in [6, 6.07) is 8.38. The van der Waals surface area contributed by atoms with Crippen molar-refractivity contribution in [1.82, 2.24) is 15.1 Å². The predicted molar refractivity (Wildman–Crippen MR) is 100.0 cm³/mol. The minimum absolute atomic E-state index is 0.0810. The zero-order valence-corrected chi connectivity index (χ0v) is 15.6. The molecule has 25 heavy (non-hydrogen) atoms. The van der Waals surface area contributed by atoms with E-state index < -0.39 is 0 Å². The molecule has 2 rings (SSSR count). The molecule has 0 aliphatic carbocycles. The van der Waals surface area contributed by atoms with Crippen molar-refractivity contribution in [3.8, 4) is 0 Å². The van der Waals surface area contributed by atoms with E-state index in [-0.39, 0.29) is 18.4 Å². The van der Waals surface area contributed by atoms with Crippen LogP contribution in [0.5, 0.6) is 0 Å². The maximum Gasteiger partial charge on any atom is 0.239 e. The fraction of sp³-hybridized carbons (Fsp3) is 0.600. The third-order valence-corrected chi connectivity index (χ3v) is 4.82. The van der Waals surface area contributed by atoms with Gasteiger partial charge in [-0.3, -0.25) is 14.5 Å². The number of benzene rings is 1. The average Bonchev–Trinajstić information content (AvgIpc) is 2.83. The minimum atomic E-state index is -0.0810. The van der Waals surface area contributed by atoms with Crippen molar-refractivity contribution < 1.29 is 9.59 Å². The van der Waals surface area contributed by atoms with E-state index in [1.807, 2.05) is 0 Å². The van der Waals surface area contributed by atoms with E-state index >= 15 is 0 Å². The van der Waals surface area contributed by atoms with Crippen LogP contribution in [-0.2, 0) is 22.7 Å². The second kappa shape index (κ2) is 10.2. The maximum atomic E-state index is 12.1. The third-order valence-electron chi connectivity index (χ3n) is 4.82. The first-order chi connectivity index (χ1) is 12.1. The summed E-state index contributed by atoms with van der Waals surface area (Å²) in [4.78, 5) is 28.1. The topological polar surface area (TPSA) is 52.7 Å². The summed E-state index contributed by atoms with van der Waals surface area (Å²) in [5.41, 5.74) is 2.37. The molecule has 138 valence electrons. The lowest BCUT2D eigenvalue weighted by atomic mass is 10.1. The van der Waals surface area contributed by atoms with E-state index in [4.69, 9.17) is 0 Å². The number of nitrogens with one attached hydrogen (secondary N) is 1. The van der Waals surface area contributed by atoms with Crippen molar-refractivity contribution in [3.05, 3.63) is 35.4 Å². The Hall–Kier alpha value is -1.88. The second-order valence-electron chi connectivity index (χ2n) is 6.68. The molecule has 1 fully saturated rings. The molecule has 0 radical (unpaired) electrons. The number of hydrogen-bond acceptors (Lipinski definition) is 3. The highest BCUT2D eigenvalue weighted by molar-refractivity contribution is 5.84. The minimum Gasteiger partial charge on any atom is -0.350 e. The van der Waals surface area contributed by atoms with E-state index in [9.17, 15) is 9.59 Å². The van der Waals surface area contributed by atoms with Crippen LogP contribution in [0.4, 0.5) is 0 Å². The van der Waals surface area contributed by atoms with Gasteiger partial charge in [0.25, 0.3) is 0 Å². The Kier molecular flexibility index (Phi) is 7.92. The van der Waals surface area contributed by atoms with Crippen LogP contribution in [0.3, 0.4) is 0 Å². The number of likely N-dealkylation sites (tertiary alicyclic amines) is 1. The van der Waals surface area contributed by atoms with E-state index in [0.717, 1.165) is 44.5 Å². The molecule has 2 amide bonds. The molecule has 0 saturated carbocycles. The van der Waals surface area contributed by atoms with E-state index in [2.05, 4.69) is 48.3 Å². The molecule has 0 atom stereocenters. The van der Waals surface area contributed by atoms with Crippen molar-refractivity contribution in [2.45, 2.75) is 52.6 Å². The molecule has 0 spiro atoms. The maximum absolute atomic E-state index is 12.1. The molecule has 5 heteroatoms. The van der Waals surface area contributed by atoms with Crippen LogP contribution in [-0.4, -0.2) is 47.8 Å². The molecule has 1 N–H and O–H groups in total. The summed E-state index contributed by atoms with van der Waals surface area (Å²) >= 11 is 0. The lowest BCUT2D eigenvalue weighted by Crippen LogP contribution is -2.40. The summed E-state index contributed by atoms with van der Waals surface area (Å²) in [5, 5.41) is 2.93. The molecule has 0 bridgehead atoms. The number of carbonyl (C=O) groups is 2. The van der Waals surface area contributed by atoms with Gasteiger partial charge in [0.15, 0.2) is 0 Å². The summed E-state index contributed by atoms with van der Waals surface area (Å²) in [6.07, 6.45) is 3.58. The SMILES string of the molecule is CCN(CC)Cc1ccc(CNC(=O)CN2CCCCCC2=O)cc1. The number of carbonyl (C=O) groups excluding carboxylic acids is 2. The van der Waals surface area contributed by atoms with Crippen LogP contribution >= 0.6 is 0 Å². The molecule has 1 saturated heterocycles. The Morgan fingerprint density at radius 3 is 2.44 bits per heavy atom. The first-order valence-electron chi connectivity index (χ1n) is 9.47. The van der Waals surface area contributed by atoms with Gasteiger partial charge in [-0.25, -0.2) is 0 Å². The van der Waals surface area contributed by atoms with Crippen molar-refractivity contribution in [1.29, 1.82) is 0 Å². The van der Waals surface area contributed by atoms with Gasteiger partial charge >= 0.3 is 0 Å². The Morgan fingerprint density at radius 2 is 1.76 bits per heavy atom. The quantitative estimate of drug-likeness (QED) is 0.788. The van der Waals surface area contributed by atoms with Crippen LogP contribution in [0.2, 0.25) is 0 Å².